The van der Waals surface area contributed by atoms with Gasteiger partial charge >= 0.3 is 0 Å². The topological polar surface area (TPSA) is 44.5 Å². The Morgan fingerprint density at radius 2 is 1.68 bits per heavy atom. The zero-order valence-electron chi connectivity index (χ0n) is 13.0. The predicted octanol–water partition coefficient (Wildman–Crippen LogP) is 3.69. The molecule has 118 valence electrons. The van der Waals surface area contributed by atoms with Gasteiger partial charge in [0, 0.05) is 6.04 Å². The highest BCUT2D eigenvalue weighted by molar-refractivity contribution is 5.43. The van der Waals surface area contributed by atoms with Crippen molar-refractivity contribution in [1.82, 2.24) is 0 Å². The Bertz CT molecular complexity index is 597. The summed E-state index contributed by atoms with van der Waals surface area (Å²) in [5, 5.41) is 0. The Kier molecular flexibility index (Phi) is 5.78. The molecule has 0 bridgehead atoms. The fraction of sp³-hybridized carbons (Fsp3) is 0.333. The summed E-state index contributed by atoms with van der Waals surface area (Å²) in [7, 11) is 0. The third-order valence-electron chi connectivity index (χ3n) is 3.17. The molecule has 2 aromatic rings. The molecule has 1 atom stereocenters. The summed E-state index contributed by atoms with van der Waals surface area (Å²) >= 11 is 0. The molecule has 22 heavy (non-hydrogen) atoms. The summed E-state index contributed by atoms with van der Waals surface area (Å²) < 4.78 is 24.3. The lowest BCUT2D eigenvalue weighted by atomic mass is 10.1. The molecule has 0 amide bonds. The van der Waals surface area contributed by atoms with Gasteiger partial charge in [-0.15, -0.1) is 0 Å². The zero-order chi connectivity index (χ0) is 15.9. The fourth-order valence-electron chi connectivity index (χ4n) is 2.18. The normalized spacial score (nSPS) is 12.0. The van der Waals surface area contributed by atoms with Crippen molar-refractivity contribution in [2.45, 2.75) is 32.9 Å². The van der Waals surface area contributed by atoms with Gasteiger partial charge in [-0.25, -0.2) is 4.39 Å². The molecule has 0 radical (unpaired) electrons. The largest absolute Gasteiger partial charge is 0.490 e. The number of rotatable bonds is 7. The highest BCUT2D eigenvalue weighted by Gasteiger charge is 2.08. The van der Waals surface area contributed by atoms with Crippen LogP contribution in [-0.4, -0.2) is 12.6 Å². The molecule has 2 N–H and O–H groups in total. The summed E-state index contributed by atoms with van der Waals surface area (Å²) in [5.41, 5.74) is 7.85. The number of hydrogen-bond donors (Lipinski definition) is 1. The van der Waals surface area contributed by atoms with Gasteiger partial charge in [0.2, 0.25) is 0 Å². The van der Waals surface area contributed by atoms with E-state index in [1.807, 2.05) is 32.0 Å². The average Bonchev–Trinajstić information content (AvgIpc) is 2.48. The van der Waals surface area contributed by atoms with E-state index in [0.29, 0.717) is 24.7 Å². The molecule has 0 fully saturated rings. The molecule has 2 rings (SSSR count). The maximum absolute atomic E-state index is 12.9. The van der Waals surface area contributed by atoms with Gasteiger partial charge in [0.15, 0.2) is 11.5 Å². The third kappa shape index (κ3) is 4.74. The van der Waals surface area contributed by atoms with Crippen LogP contribution in [0.5, 0.6) is 11.5 Å². The maximum atomic E-state index is 12.9. The second-order valence-electron chi connectivity index (χ2n) is 5.31. The lowest BCUT2D eigenvalue weighted by Gasteiger charge is -2.14. The van der Waals surface area contributed by atoms with Gasteiger partial charge in [0.1, 0.15) is 12.4 Å². The van der Waals surface area contributed by atoms with E-state index >= 15 is 0 Å². The molecule has 0 aromatic heterocycles. The molecule has 0 saturated carbocycles. The molecule has 3 nitrogen and oxygen atoms in total. The van der Waals surface area contributed by atoms with E-state index in [1.165, 1.54) is 12.1 Å². The van der Waals surface area contributed by atoms with Crippen LogP contribution in [0.1, 0.15) is 25.0 Å². The van der Waals surface area contributed by atoms with Crippen LogP contribution >= 0.6 is 0 Å². The highest BCUT2D eigenvalue weighted by Crippen LogP contribution is 2.29. The first-order valence-electron chi connectivity index (χ1n) is 7.47. The predicted molar refractivity (Wildman–Crippen MR) is 85.7 cm³/mol. The smallest absolute Gasteiger partial charge is 0.161 e. The Balaban J connectivity index is 2.09. The molecule has 0 aliphatic heterocycles. The monoisotopic (exact) mass is 303 g/mol. The molecule has 0 saturated heterocycles. The van der Waals surface area contributed by atoms with Gasteiger partial charge in [-0.1, -0.05) is 18.2 Å². The molecule has 0 aliphatic rings. The molecule has 1 unspecified atom stereocenters. The number of ether oxygens (including phenoxy) is 2. The van der Waals surface area contributed by atoms with Crippen LogP contribution in [0, 0.1) is 5.82 Å². The Labute approximate surface area is 130 Å². The van der Waals surface area contributed by atoms with E-state index in [1.54, 1.807) is 12.1 Å². The quantitative estimate of drug-likeness (QED) is 0.848. The van der Waals surface area contributed by atoms with Gasteiger partial charge < -0.3 is 15.2 Å². The molecule has 0 aliphatic carbocycles. The van der Waals surface area contributed by atoms with Crippen LogP contribution < -0.4 is 15.2 Å². The van der Waals surface area contributed by atoms with Crippen LogP contribution in [0.2, 0.25) is 0 Å². The lowest BCUT2D eigenvalue weighted by Crippen LogP contribution is -2.17. The molecule has 0 heterocycles. The first-order valence-corrected chi connectivity index (χ1v) is 7.47. The van der Waals surface area contributed by atoms with E-state index in [9.17, 15) is 4.39 Å². The van der Waals surface area contributed by atoms with Crippen LogP contribution in [0.3, 0.4) is 0 Å². The minimum Gasteiger partial charge on any atom is -0.490 e. The number of benzene rings is 2. The van der Waals surface area contributed by atoms with Crippen molar-refractivity contribution >= 4 is 0 Å². The Hall–Kier alpha value is -2.07. The van der Waals surface area contributed by atoms with Gasteiger partial charge in [-0.2, -0.15) is 0 Å². The Morgan fingerprint density at radius 1 is 1.00 bits per heavy atom. The summed E-state index contributed by atoms with van der Waals surface area (Å²) in [6.45, 7) is 4.84. The van der Waals surface area contributed by atoms with Crippen molar-refractivity contribution in [3.63, 3.8) is 0 Å². The summed E-state index contributed by atoms with van der Waals surface area (Å²) in [6, 6.07) is 12.2. The second-order valence-corrected chi connectivity index (χ2v) is 5.31. The summed E-state index contributed by atoms with van der Waals surface area (Å²) in [5.74, 6) is 1.14. The molecule has 2 aromatic carbocycles. The minimum atomic E-state index is -0.251. The summed E-state index contributed by atoms with van der Waals surface area (Å²) in [4.78, 5) is 0. The lowest BCUT2D eigenvalue weighted by molar-refractivity contribution is 0.269. The van der Waals surface area contributed by atoms with Crippen molar-refractivity contribution < 1.29 is 13.9 Å². The minimum absolute atomic E-state index is 0.0976. The maximum Gasteiger partial charge on any atom is 0.161 e. The standard InChI is InChI=1S/C18H22FNO2/c1-3-21-18-11-15(10-13(2)20)6-9-17(18)22-12-14-4-7-16(19)8-5-14/h4-9,11,13H,3,10,12,20H2,1-2H3. The van der Waals surface area contributed by atoms with Gasteiger partial charge in [-0.05, 0) is 55.7 Å². The van der Waals surface area contributed by atoms with Crippen molar-refractivity contribution in [3.05, 3.63) is 59.4 Å². The zero-order valence-corrected chi connectivity index (χ0v) is 13.0. The summed E-state index contributed by atoms with van der Waals surface area (Å²) in [6.07, 6.45) is 0.790. The molecular formula is C18H22FNO2. The van der Waals surface area contributed by atoms with E-state index < -0.39 is 0 Å². The SMILES string of the molecule is CCOc1cc(CC(C)N)ccc1OCc1ccc(F)cc1. The fourth-order valence-corrected chi connectivity index (χ4v) is 2.18. The van der Waals surface area contributed by atoms with E-state index in [-0.39, 0.29) is 11.9 Å². The van der Waals surface area contributed by atoms with E-state index in [0.717, 1.165) is 17.5 Å². The van der Waals surface area contributed by atoms with Crippen molar-refractivity contribution in [3.8, 4) is 11.5 Å². The number of hydrogen-bond acceptors (Lipinski definition) is 3. The number of nitrogens with two attached hydrogens (primary N) is 1. The number of halogens is 1. The first kappa shape index (κ1) is 16.3. The highest BCUT2D eigenvalue weighted by atomic mass is 19.1. The van der Waals surface area contributed by atoms with Crippen LogP contribution in [0.4, 0.5) is 4.39 Å². The second kappa shape index (κ2) is 7.80. The van der Waals surface area contributed by atoms with E-state index in [4.69, 9.17) is 15.2 Å². The molecular weight excluding hydrogens is 281 g/mol. The van der Waals surface area contributed by atoms with Gasteiger partial charge in [-0.3, -0.25) is 0 Å². The van der Waals surface area contributed by atoms with Crippen LogP contribution in [0.15, 0.2) is 42.5 Å². The van der Waals surface area contributed by atoms with Gasteiger partial charge in [0.05, 0.1) is 6.61 Å². The molecule has 4 heteroatoms. The van der Waals surface area contributed by atoms with E-state index in [2.05, 4.69) is 0 Å². The third-order valence-corrected chi connectivity index (χ3v) is 3.17. The Morgan fingerprint density at radius 3 is 2.32 bits per heavy atom. The van der Waals surface area contributed by atoms with Crippen LogP contribution in [0.25, 0.3) is 0 Å². The van der Waals surface area contributed by atoms with Crippen molar-refractivity contribution in [2.75, 3.05) is 6.61 Å². The molecule has 0 spiro atoms. The van der Waals surface area contributed by atoms with Crippen LogP contribution in [-0.2, 0) is 13.0 Å². The first-order chi connectivity index (χ1) is 10.6. The van der Waals surface area contributed by atoms with Crippen molar-refractivity contribution in [2.24, 2.45) is 5.73 Å². The van der Waals surface area contributed by atoms with Crippen molar-refractivity contribution in [1.29, 1.82) is 0 Å². The average molecular weight is 303 g/mol. The van der Waals surface area contributed by atoms with Gasteiger partial charge in [0.25, 0.3) is 0 Å².